The first-order chi connectivity index (χ1) is 8.15. The molecule has 0 aromatic heterocycles. The fourth-order valence-corrected chi connectivity index (χ4v) is 2.41. The van der Waals surface area contributed by atoms with Crippen molar-refractivity contribution in [2.75, 3.05) is 13.2 Å². The summed E-state index contributed by atoms with van der Waals surface area (Å²) in [7, 11) is 0. The number of rotatable bonds is 3. The van der Waals surface area contributed by atoms with Crippen molar-refractivity contribution in [1.82, 2.24) is 0 Å². The van der Waals surface area contributed by atoms with Crippen LogP contribution in [0.2, 0.25) is 0 Å². The average molecular weight is 232 g/mol. The summed E-state index contributed by atoms with van der Waals surface area (Å²) in [5.74, 6) is 0. The van der Waals surface area contributed by atoms with Crippen LogP contribution in [0.1, 0.15) is 37.5 Å². The topological polar surface area (TPSA) is 18.5 Å². The molecule has 0 N–H and O–H groups in total. The highest BCUT2D eigenvalue weighted by atomic mass is 16.5. The fraction of sp³-hybridized carbons (Fsp3) is 0.467. The van der Waals surface area contributed by atoms with E-state index in [9.17, 15) is 0 Å². The van der Waals surface area contributed by atoms with Crippen LogP contribution in [0, 0.1) is 0 Å². The quantitative estimate of drug-likeness (QED) is 0.743. The number of hydrogen-bond acceptors (Lipinski definition) is 2. The standard InChI is InChI=1S/C15H20O2/c1-4-16-9-8-12-6-5-7-13-10-17-11-15(2,3)14(12)13/h5-9H,4,10-11H2,1-3H3/b9-8+. The lowest BCUT2D eigenvalue weighted by molar-refractivity contribution is 0.0641. The second-order valence-electron chi connectivity index (χ2n) is 5.02. The van der Waals surface area contributed by atoms with Gasteiger partial charge >= 0.3 is 0 Å². The monoisotopic (exact) mass is 232 g/mol. The molecule has 2 heteroatoms. The first kappa shape index (κ1) is 12.2. The van der Waals surface area contributed by atoms with E-state index in [1.54, 1.807) is 6.26 Å². The molecule has 2 rings (SSSR count). The summed E-state index contributed by atoms with van der Waals surface area (Å²) in [5.41, 5.74) is 3.99. The molecular formula is C15H20O2. The molecule has 0 saturated carbocycles. The maximum Gasteiger partial charge on any atom is 0.0845 e. The Hall–Kier alpha value is -1.28. The molecule has 1 aromatic rings. The molecule has 0 bridgehead atoms. The van der Waals surface area contributed by atoms with Crippen molar-refractivity contribution in [3.8, 4) is 0 Å². The van der Waals surface area contributed by atoms with Gasteiger partial charge in [0, 0.05) is 5.41 Å². The van der Waals surface area contributed by atoms with Crippen molar-refractivity contribution < 1.29 is 9.47 Å². The van der Waals surface area contributed by atoms with Gasteiger partial charge in [0.15, 0.2) is 0 Å². The predicted molar refractivity (Wildman–Crippen MR) is 69.8 cm³/mol. The molecule has 0 radical (unpaired) electrons. The van der Waals surface area contributed by atoms with Crippen LogP contribution in [-0.4, -0.2) is 13.2 Å². The highest BCUT2D eigenvalue weighted by Gasteiger charge is 2.29. The highest BCUT2D eigenvalue weighted by Crippen LogP contribution is 2.35. The predicted octanol–water partition coefficient (Wildman–Crippen LogP) is 3.50. The molecule has 0 spiro atoms. The summed E-state index contributed by atoms with van der Waals surface area (Å²) in [5, 5.41) is 0. The van der Waals surface area contributed by atoms with Crippen molar-refractivity contribution in [1.29, 1.82) is 0 Å². The Morgan fingerprint density at radius 3 is 3.00 bits per heavy atom. The third kappa shape index (κ3) is 2.52. The van der Waals surface area contributed by atoms with Crippen LogP contribution in [0.3, 0.4) is 0 Å². The van der Waals surface area contributed by atoms with Crippen LogP contribution in [0.15, 0.2) is 24.5 Å². The molecule has 0 saturated heterocycles. The zero-order chi connectivity index (χ0) is 12.3. The van der Waals surface area contributed by atoms with E-state index in [1.165, 1.54) is 16.7 Å². The summed E-state index contributed by atoms with van der Waals surface area (Å²) < 4.78 is 10.9. The van der Waals surface area contributed by atoms with E-state index in [0.29, 0.717) is 6.61 Å². The van der Waals surface area contributed by atoms with Gasteiger partial charge in [-0.3, -0.25) is 0 Å². The Morgan fingerprint density at radius 2 is 2.24 bits per heavy atom. The molecule has 0 amide bonds. The van der Waals surface area contributed by atoms with Gasteiger partial charge < -0.3 is 9.47 Å². The average Bonchev–Trinajstić information content (AvgIpc) is 2.29. The second-order valence-corrected chi connectivity index (χ2v) is 5.02. The van der Waals surface area contributed by atoms with Gasteiger partial charge in [0.25, 0.3) is 0 Å². The summed E-state index contributed by atoms with van der Waals surface area (Å²) in [6.45, 7) is 8.64. The molecule has 1 aliphatic heterocycles. The zero-order valence-corrected chi connectivity index (χ0v) is 10.8. The van der Waals surface area contributed by atoms with Crippen molar-refractivity contribution >= 4 is 6.08 Å². The van der Waals surface area contributed by atoms with Crippen molar-refractivity contribution in [2.45, 2.75) is 32.8 Å². The van der Waals surface area contributed by atoms with E-state index < -0.39 is 0 Å². The van der Waals surface area contributed by atoms with Crippen LogP contribution < -0.4 is 0 Å². The Kier molecular flexibility index (Phi) is 3.53. The lowest BCUT2D eigenvalue weighted by Crippen LogP contribution is -2.31. The van der Waals surface area contributed by atoms with Crippen LogP contribution in [0.4, 0.5) is 0 Å². The smallest absolute Gasteiger partial charge is 0.0845 e. The Bertz CT molecular complexity index is 419. The SMILES string of the molecule is CCO/C=C/c1cccc2c1C(C)(C)COC2. The summed E-state index contributed by atoms with van der Waals surface area (Å²) in [4.78, 5) is 0. The van der Waals surface area contributed by atoms with E-state index in [4.69, 9.17) is 9.47 Å². The molecule has 1 aliphatic rings. The molecule has 0 atom stereocenters. The summed E-state index contributed by atoms with van der Waals surface area (Å²) >= 11 is 0. The van der Waals surface area contributed by atoms with Crippen LogP contribution in [0.5, 0.6) is 0 Å². The molecule has 92 valence electrons. The molecule has 0 aliphatic carbocycles. The Balaban J connectivity index is 2.40. The van der Waals surface area contributed by atoms with E-state index in [0.717, 1.165) is 13.2 Å². The van der Waals surface area contributed by atoms with Gasteiger partial charge in [-0.1, -0.05) is 32.0 Å². The molecule has 0 fully saturated rings. The lowest BCUT2D eigenvalue weighted by Gasteiger charge is -2.33. The van der Waals surface area contributed by atoms with E-state index in [1.807, 2.05) is 6.92 Å². The zero-order valence-electron chi connectivity index (χ0n) is 10.8. The molecular weight excluding hydrogens is 212 g/mol. The Morgan fingerprint density at radius 1 is 1.41 bits per heavy atom. The van der Waals surface area contributed by atoms with Crippen LogP contribution in [-0.2, 0) is 21.5 Å². The normalized spacial score (nSPS) is 18.1. The van der Waals surface area contributed by atoms with Gasteiger partial charge in [-0.2, -0.15) is 0 Å². The molecule has 0 unspecified atom stereocenters. The molecule has 17 heavy (non-hydrogen) atoms. The lowest BCUT2D eigenvalue weighted by atomic mass is 9.78. The fourth-order valence-electron chi connectivity index (χ4n) is 2.41. The second kappa shape index (κ2) is 4.92. The van der Waals surface area contributed by atoms with E-state index >= 15 is 0 Å². The minimum absolute atomic E-state index is 0.0702. The maximum absolute atomic E-state index is 5.64. The van der Waals surface area contributed by atoms with Gasteiger partial charge in [-0.15, -0.1) is 0 Å². The first-order valence-corrected chi connectivity index (χ1v) is 6.13. The number of benzene rings is 1. The highest BCUT2D eigenvalue weighted by molar-refractivity contribution is 5.58. The molecule has 1 aromatic carbocycles. The summed E-state index contributed by atoms with van der Waals surface area (Å²) in [6, 6.07) is 6.37. The van der Waals surface area contributed by atoms with E-state index in [2.05, 4.69) is 38.1 Å². The maximum atomic E-state index is 5.64. The molecule has 2 nitrogen and oxygen atoms in total. The number of fused-ring (bicyclic) bond motifs is 1. The van der Waals surface area contributed by atoms with Gasteiger partial charge in [0.05, 0.1) is 26.1 Å². The minimum Gasteiger partial charge on any atom is -0.501 e. The van der Waals surface area contributed by atoms with Gasteiger partial charge in [-0.05, 0) is 29.7 Å². The van der Waals surface area contributed by atoms with Crippen molar-refractivity contribution in [3.63, 3.8) is 0 Å². The number of ether oxygens (including phenoxy) is 2. The van der Waals surface area contributed by atoms with E-state index in [-0.39, 0.29) is 5.41 Å². The van der Waals surface area contributed by atoms with Crippen LogP contribution in [0.25, 0.3) is 6.08 Å². The van der Waals surface area contributed by atoms with Gasteiger partial charge in [0.2, 0.25) is 0 Å². The third-order valence-corrected chi connectivity index (χ3v) is 3.09. The van der Waals surface area contributed by atoms with Crippen molar-refractivity contribution in [2.24, 2.45) is 0 Å². The number of hydrogen-bond donors (Lipinski definition) is 0. The summed E-state index contributed by atoms with van der Waals surface area (Å²) in [6.07, 6.45) is 3.83. The van der Waals surface area contributed by atoms with Crippen molar-refractivity contribution in [3.05, 3.63) is 41.2 Å². The third-order valence-electron chi connectivity index (χ3n) is 3.09. The largest absolute Gasteiger partial charge is 0.501 e. The van der Waals surface area contributed by atoms with Gasteiger partial charge in [0.1, 0.15) is 0 Å². The van der Waals surface area contributed by atoms with Gasteiger partial charge in [-0.25, -0.2) is 0 Å². The van der Waals surface area contributed by atoms with Crippen LogP contribution >= 0.6 is 0 Å². The Labute approximate surface area is 103 Å². The molecule has 1 heterocycles. The first-order valence-electron chi connectivity index (χ1n) is 6.13. The minimum atomic E-state index is 0.0702.